The molecule has 0 nitrogen and oxygen atoms in total. The molecule has 0 heterocycles. The van der Waals surface area contributed by atoms with Crippen molar-refractivity contribution >= 4 is 38.3 Å². The normalized spacial score (nSPS) is 12.6. The Balaban J connectivity index is 2.21. The van der Waals surface area contributed by atoms with Crippen molar-refractivity contribution in [2.75, 3.05) is 0 Å². The van der Waals surface area contributed by atoms with Crippen LogP contribution in [0.2, 0.25) is 0 Å². The second kappa shape index (κ2) is 5.78. The van der Waals surface area contributed by atoms with Gasteiger partial charge < -0.3 is 0 Å². The molecule has 0 saturated heterocycles. The molecule has 0 spiro atoms. The van der Waals surface area contributed by atoms with Crippen LogP contribution in [-0.4, -0.2) is 0 Å². The highest BCUT2D eigenvalue weighted by molar-refractivity contribution is 9.10. The summed E-state index contributed by atoms with van der Waals surface area (Å²) >= 11 is 10.1. The fourth-order valence-corrected chi connectivity index (χ4v) is 3.38. The van der Waals surface area contributed by atoms with Crippen LogP contribution in [0.3, 0.4) is 0 Å². The van der Waals surface area contributed by atoms with Gasteiger partial charge in [-0.1, -0.05) is 64.5 Å². The third kappa shape index (κ3) is 2.58. The predicted molar refractivity (Wildman–Crippen MR) is 90.5 cm³/mol. The van der Waals surface area contributed by atoms with Gasteiger partial charge in [0.05, 0.1) is 5.38 Å². The lowest BCUT2D eigenvalue weighted by atomic mass is 9.97. The largest absolute Gasteiger partial charge is 0.206 e. The zero-order chi connectivity index (χ0) is 15.0. The highest BCUT2D eigenvalue weighted by Crippen LogP contribution is 2.37. The molecule has 21 heavy (non-hydrogen) atoms. The smallest absolute Gasteiger partial charge is 0.131 e. The predicted octanol–water partition coefficient (Wildman–Crippen LogP) is 6.38. The Labute approximate surface area is 136 Å². The first-order chi connectivity index (χ1) is 10.1. The minimum Gasteiger partial charge on any atom is -0.206 e. The van der Waals surface area contributed by atoms with Crippen LogP contribution >= 0.6 is 27.5 Å². The average molecular weight is 364 g/mol. The summed E-state index contributed by atoms with van der Waals surface area (Å²) in [6, 6.07) is 17.2. The SMILES string of the molecule is Cc1cccc(C(Cl)c2ccc(Br)c3ccccc23)c1F. The van der Waals surface area contributed by atoms with E-state index in [2.05, 4.69) is 15.9 Å². The van der Waals surface area contributed by atoms with Gasteiger partial charge in [0.25, 0.3) is 0 Å². The number of halogens is 3. The van der Waals surface area contributed by atoms with Gasteiger partial charge in [0.15, 0.2) is 0 Å². The minimum absolute atomic E-state index is 0.232. The molecule has 0 radical (unpaired) electrons. The Hall–Kier alpha value is -1.38. The zero-order valence-corrected chi connectivity index (χ0v) is 13.7. The first-order valence-corrected chi connectivity index (χ1v) is 7.89. The molecule has 0 aliphatic heterocycles. The third-order valence-corrected chi connectivity index (χ3v) is 4.83. The molecule has 0 saturated carbocycles. The number of hydrogen-bond donors (Lipinski definition) is 0. The molecule has 3 heteroatoms. The molecule has 1 atom stereocenters. The van der Waals surface area contributed by atoms with Crippen molar-refractivity contribution in [2.45, 2.75) is 12.3 Å². The summed E-state index contributed by atoms with van der Waals surface area (Å²) in [7, 11) is 0. The van der Waals surface area contributed by atoms with E-state index in [1.54, 1.807) is 19.1 Å². The van der Waals surface area contributed by atoms with Crippen LogP contribution in [0.1, 0.15) is 22.1 Å². The summed E-state index contributed by atoms with van der Waals surface area (Å²) in [4.78, 5) is 0. The van der Waals surface area contributed by atoms with Gasteiger partial charge in [0.2, 0.25) is 0 Å². The molecule has 0 aliphatic rings. The summed E-state index contributed by atoms with van der Waals surface area (Å²) in [5.74, 6) is -0.232. The van der Waals surface area contributed by atoms with Crippen LogP contribution in [-0.2, 0) is 0 Å². The van der Waals surface area contributed by atoms with Gasteiger partial charge in [-0.15, -0.1) is 11.6 Å². The topological polar surface area (TPSA) is 0 Å². The van der Waals surface area contributed by atoms with E-state index in [0.717, 1.165) is 20.8 Å². The first-order valence-electron chi connectivity index (χ1n) is 6.66. The average Bonchev–Trinajstić information content (AvgIpc) is 2.50. The summed E-state index contributed by atoms with van der Waals surface area (Å²) in [5, 5.41) is 1.60. The molecular formula is C18H13BrClF. The molecule has 1 unspecified atom stereocenters. The molecule has 3 rings (SSSR count). The van der Waals surface area contributed by atoms with Crippen LogP contribution in [0.5, 0.6) is 0 Å². The molecule has 3 aromatic carbocycles. The highest BCUT2D eigenvalue weighted by Gasteiger charge is 2.19. The zero-order valence-electron chi connectivity index (χ0n) is 11.4. The lowest BCUT2D eigenvalue weighted by Gasteiger charge is -2.16. The number of fused-ring (bicyclic) bond motifs is 1. The standard InChI is InChI=1S/C18H13BrClF/c1-11-5-4-8-15(18(11)21)17(20)14-9-10-16(19)13-7-3-2-6-12(13)14/h2-10,17H,1H3. The Morgan fingerprint density at radius 1 is 0.905 bits per heavy atom. The molecule has 0 aliphatic carbocycles. The number of rotatable bonds is 2. The van der Waals surface area contributed by atoms with Crippen molar-refractivity contribution in [3.63, 3.8) is 0 Å². The van der Waals surface area contributed by atoms with Gasteiger partial charge in [-0.25, -0.2) is 4.39 Å². The van der Waals surface area contributed by atoms with Gasteiger partial charge in [0.1, 0.15) is 5.82 Å². The Bertz CT molecular complexity index is 813. The number of benzene rings is 3. The van der Waals surface area contributed by atoms with Crippen LogP contribution in [0.25, 0.3) is 10.8 Å². The van der Waals surface area contributed by atoms with Crippen molar-refractivity contribution in [3.8, 4) is 0 Å². The molecule has 0 bridgehead atoms. The monoisotopic (exact) mass is 362 g/mol. The molecule has 0 fully saturated rings. The van der Waals surface area contributed by atoms with Gasteiger partial charge in [-0.3, -0.25) is 0 Å². The van der Waals surface area contributed by atoms with Crippen molar-refractivity contribution < 1.29 is 4.39 Å². The van der Waals surface area contributed by atoms with E-state index in [1.165, 1.54) is 0 Å². The number of hydrogen-bond acceptors (Lipinski definition) is 0. The third-order valence-electron chi connectivity index (χ3n) is 3.67. The molecule has 3 aromatic rings. The highest BCUT2D eigenvalue weighted by atomic mass is 79.9. The Morgan fingerprint density at radius 3 is 2.38 bits per heavy atom. The van der Waals surface area contributed by atoms with E-state index >= 15 is 0 Å². The molecule has 0 amide bonds. The van der Waals surface area contributed by atoms with Crippen LogP contribution in [0, 0.1) is 12.7 Å². The summed E-state index contributed by atoms with van der Waals surface area (Å²) < 4.78 is 15.3. The maximum Gasteiger partial charge on any atom is 0.131 e. The summed E-state index contributed by atoms with van der Waals surface area (Å²) in [5.41, 5.74) is 2.05. The minimum atomic E-state index is -0.511. The van der Waals surface area contributed by atoms with Crippen molar-refractivity contribution in [1.82, 2.24) is 0 Å². The van der Waals surface area contributed by atoms with Crippen molar-refractivity contribution in [1.29, 1.82) is 0 Å². The fourth-order valence-electron chi connectivity index (χ4n) is 2.54. The lowest BCUT2D eigenvalue weighted by molar-refractivity contribution is 0.603. The van der Waals surface area contributed by atoms with Crippen molar-refractivity contribution in [2.24, 2.45) is 0 Å². The molecule has 106 valence electrons. The van der Waals surface area contributed by atoms with E-state index in [1.807, 2.05) is 42.5 Å². The molecular weight excluding hydrogens is 351 g/mol. The van der Waals surface area contributed by atoms with Gasteiger partial charge in [-0.2, -0.15) is 0 Å². The van der Waals surface area contributed by atoms with E-state index in [-0.39, 0.29) is 5.82 Å². The lowest BCUT2D eigenvalue weighted by Crippen LogP contribution is -2.00. The first kappa shape index (κ1) is 14.6. The Morgan fingerprint density at radius 2 is 1.62 bits per heavy atom. The maximum absolute atomic E-state index is 14.3. The van der Waals surface area contributed by atoms with Crippen LogP contribution < -0.4 is 0 Å². The number of alkyl halides is 1. The van der Waals surface area contributed by atoms with Crippen molar-refractivity contribution in [3.05, 3.63) is 81.6 Å². The quantitative estimate of drug-likeness (QED) is 0.463. The van der Waals surface area contributed by atoms with Crippen LogP contribution in [0.15, 0.2) is 59.1 Å². The maximum atomic E-state index is 14.3. The van der Waals surface area contributed by atoms with Gasteiger partial charge in [0, 0.05) is 10.0 Å². The molecule has 0 N–H and O–H groups in total. The van der Waals surface area contributed by atoms with Gasteiger partial charge in [-0.05, 0) is 34.9 Å². The Kier molecular flexibility index (Phi) is 4.01. The number of aryl methyl sites for hydroxylation is 1. The fraction of sp³-hybridized carbons (Fsp3) is 0.111. The van der Waals surface area contributed by atoms with E-state index in [0.29, 0.717) is 11.1 Å². The second-order valence-electron chi connectivity index (χ2n) is 5.02. The van der Waals surface area contributed by atoms with E-state index < -0.39 is 5.38 Å². The van der Waals surface area contributed by atoms with E-state index in [4.69, 9.17) is 11.6 Å². The second-order valence-corrected chi connectivity index (χ2v) is 6.31. The van der Waals surface area contributed by atoms with Gasteiger partial charge >= 0.3 is 0 Å². The van der Waals surface area contributed by atoms with E-state index in [9.17, 15) is 4.39 Å². The van der Waals surface area contributed by atoms with Crippen LogP contribution in [0.4, 0.5) is 4.39 Å². The summed E-state index contributed by atoms with van der Waals surface area (Å²) in [6.45, 7) is 1.75. The summed E-state index contributed by atoms with van der Waals surface area (Å²) in [6.07, 6.45) is 0. The molecule has 0 aromatic heterocycles.